The van der Waals surface area contributed by atoms with Gasteiger partial charge in [0.2, 0.25) is 5.88 Å². The van der Waals surface area contributed by atoms with Crippen LogP contribution in [0.3, 0.4) is 0 Å². The Balaban J connectivity index is 1.53. The summed E-state index contributed by atoms with van der Waals surface area (Å²) >= 11 is 0. The van der Waals surface area contributed by atoms with Crippen LogP contribution in [0.15, 0.2) is 55.1 Å². The molecule has 0 N–H and O–H groups in total. The van der Waals surface area contributed by atoms with Gasteiger partial charge in [0.15, 0.2) is 11.4 Å². The van der Waals surface area contributed by atoms with Gasteiger partial charge in [0.1, 0.15) is 11.8 Å². The maximum absolute atomic E-state index is 13.4. The van der Waals surface area contributed by atoms with Crippen LogP contribution in [0.4, 0.5) is 13.2 Å². The zero-order valence-corrected chi connectivity index (χ0v) is 17.2. The van der Waals surface area contributed by atoms with Crippen LogP contribution in [0.2, 0.25) is 0 Å². The zero-order valence-electron chi connectivity index (χ0n) is 17.2. The molecule has 0 aliphatic carbocycles. The van der Waals surface area contributed by atoms with E-state index in [9.17, 15) is 18.0 Å². The van der Waals surface area contributed by atoms with Crippen molar-refractivity contribution in [3.05, 3.63) is 66.5 Å². The lowest BCUT2D eigenvalue weighted by molar-refractivity contribution is -0.141. The van der Waals surface area contributed by atoms with Crippen molar-refractivity contribution in [2.45, 2.75) is 38.1 Å². The molecule has 166 valence electrons. The molecule has 1 saturated heterocycles. The maximum atomic E-state index is 13.4. The summed E-state index contributed by atoms with van der Waals surface area (Å²) in [6.07, 6.45) is 0.864. The van der Waals surface area contributed by atoms with Crippen LogP contribution in [0, 0.1) is 0 Å². The number of carbonyl (C=O) groups is 1. The Morgan fingerprint density at radius 2 is 1.81 bits per heavy atom. The number of hydrogen-bond acceptors (Lipinski definition) is 6. The molecular weight excluding hydrogens is 423 g/mol. The summed E-state index contributed by atoms with van der Waals surface area (Å²) in [5.74, 6) is -0.301. The molecule has 1 fully saturated rings. The molecule has 0 saturated carbocycles. The number of rotatable bonds is 4. The molecule has 7 nitrogen and oxygen atoms in total. The third-order valence-corrected chi connectivity index (χ3v) is 5.32. The quantitative estimate of drug-likeness (QED) is 0.606. The van der Waals surface area contributed by atoms with Gasteiger partial charge < -0.3 is 9.64 Å². The van der Waals surface area contributed by atoms with Crippen molar-refractivity contribution in [2.24, 2.45) is 0 Å². The van der Waals surface area contributed by atoms with Gasteiger partial charge in [0, 0.05) is 24.5 Å². The SMILES string of the molecule is CC1C(Oc2cnc(C(F)(F)F)cn2)CCCN1C(=O)c1nccnc1-c1ccccc1. The third kappa shape index (κ3) is 4.53. The number of amides is 1. The molecule has 1 amide bonds. The summed E-state index contributed by atoms with van der Waals surface area (Å²) in [5.41, 5.74) is 0.415. The topological polar surface area (TPSA) is 81.1 Å². The lowest BCUT2D eigenvalue weighted by Gasteiger charge is -2.38. The fourth-order valence-corrected chi connectivity index (χ4v) is 3.67. The standard InChI is InChI=1S/C22H20F3N5O2/c1-14-16(32-18-13-28-17(12-29-18)22(23,24)25)8-5-11-30(14)21(31)20-19(26-9-10-27-20)15-6-3-2-4-7-15/h2-4,6-7,9-10,12-14,16H,5,8,11H2,1H3. The molecule has 0 bridgehead atoms. The maximum Gasteiger partial charge on any atom is 0.434 e. The number of likely N-dealkylation sites (tertiary alicyclic amines) is 1. The molecule has 4 rings (SSSR count). The second-order valence-corrected chi connectivity index (χ2v) is 7.39. The molecule has 10 heteroatoms. The predicted octanol–water partition coefficient (Wildman–Crippen LogP) is 4.02. The fourth-order valence-electron chi connectivity index (χ4n) is 3.67. The highest BCUT2D eigenvalue weighted by Crippen LogP contribution is 2.29. The van der Waals surface area contributed by atoms with Crippen molar-refractivity contribution in [2.75, 3.05) is 6.54 Å². The van der Waals surface area contributed by atoms with Crippen molar-refractivity contribution in [3.63, 3.8) is 0 Å². The molecule has 32 heavy (non-hydrogen) atoms. The first-order valence-electron chi connectivity index (χ1n) is 10.1. The van der Waals surface area contributed by atoms with Gasteiger partial charge in [-0.1, -0.05) is 30.3 Å². The summed E-state index contributed by atoms with van der Waals surface area (Å²) in [7, 11) is 0. The van der Waals surface area contributed by atoms with Crippen molar-refractivity contribution >= 4 is 5.91 Å². The van der Waals surface area contributed by atoms with Crippen molar-refractivity contribution < 1.29 is 22.7 Å². The molecule has 2 aromatic heterocycles. The van der Waals surface area contributed by atoms with Crippen LogP contribution in [0.1, 0.15) is 35.9 Å². The van der Waals surface area contributed by atoms with E-state index in [4.69, 9.17) is 4.74 Å². The van der Waals surface area contributed by atoms with Crippen LogP contribution in [-0.4, -0.2) is 49.4 Å². The molecule has 1 aliphatic rings. The monoisotopic (exact) mass is 443 g/mol. The summed E-state index contributed by atoms with van der Waals surface area (Å²) in [6.45, 7) is 2.33. The van der Waals surface area contributed by atoms with Crippen LogP contribution in [0.5, 0.6) is 5.88 Å². The van der Waals surface area contributed by atoms with E-state index in [1.807, 2.05) is 37.3 Å². The van der Waals surface area contributed by atoms with Crippen LogP contribution in [0.25, 0.3) is 11.3 Å². The van der Waals surface area contributed by atoms with Gasteiger partial charge in [-0.15, -0.1) is 0 Å². The Morgan fingerprint density at radius 1 is 1.06 bits per heavy atom. The van der Waals surface area contributed by atoms with E-state index >= 15 is 0 Å². The number of hydrogen-bond donors (Lipinski definition) is 0. The highest BCUT2D eigenvalue weighted by molar-refractivity contribution is 5.98. The first-order valence-corrected chi connectivity index (χ1v) is 10.1. The molecular formula is C22H20F3N5O2. The normalized spacial score (nSPS) is 18.9. The first-order chi connectivity index (χ1) is 15.3. The van der Waals surface area contributed by atoms with Crippen LogP contribution in [-0.2, 0) is 6.18 Å². The lowest BCUT2D eigenvalue weighted by atomic mass is 9.99. The number of nitrogens with zero attached hydrogens (tertiary/aromatic N) is 5. The summed E-state index contributed by atoms with van der Waals surface area (Å²) in [5, 5.41) is 0. The Labute approximate surface area is 182 Å². The molecule has 2 unspecified atom stereocenters. The lowest BCUT2D eigenvalue weighted by Crippen LogP contribution is -2.51. The van der Waals surface area contributed by atoms with E-state index in [0.717, 1.165) is 11.8 Å². The number of alkyl halides is 3. The largest absolute Gasteiger partial charge is 0.471 e. The summed E-state index contributed by atoms with van der Waals surface area (Å²) < 4.78 is 43.9. The highest BCUT2D eigenvalue weighted by atomic mass is 19.4. The van der Waals surface area contributed by atoms with E-state index in [1.54, 1.807) is 4.90 Å². The predicted molar refractivity (Wildman–Crippen MR) is 109 cm³/mol. The molecule has 2 atom stereocenters. The van der Waals surface area contributed by atoms with Gasteiger partial charge in [0.05, 0.1) is 18.4 Å². The minimum atomic E-state index is -4.57. The number of piperidine rings is 1. The van der Waals surface area contributed by atoms with E-state index in [1.165, 1.54) is 12.4 Å². The number of aromatic nitrogens is 4. The Kier molecular flexibility index (Phi) is 6.02. The summed E-state index contributed by atoms with van der Waals surface area (Å²) in [6, 6.07) is 8.95. The van der Waals surface area contributed by atoms with Crippen molar-refractivity contribution in [1.82, 2.24) is 24.8 Å². The van der Waals surface area contributed by atoms with Gasteiger partial charge in [-0.2, -0.15) is 13.2 Å². The smallest absolute Gasteiger partial charge is 0.434 e. The number of ether oxygens (including phenoxy) is 1. The molecule has 0 spiro atoms. The second-order valence-electron chi connectivity index (χ2n) is 7.39. The number of halogens is 3. The van der Waals surface area contributed by atoms with Gasteiger partial charge in [-0.05, 0) is 19.8 Å². The van der Waals surface area contributed by atoms with E-state index in [2.05, 4.69) is 19.9 Å². The molecule has 1 aromatic carbocycles. The number of carbonyl (C=O) groups excluding carboxylic acids is 1. The molecule has 3 aromatic rings. The first kappa shape index (κ1) is 21.7. The Bertz CT molecular complexity index is 1080. The molecule has 1 aliphatic heterocycles. The van der Waals surface area contributed by atoms with E-state index in [-0.39, 0.29) is 23.5 Å². The second kappa shape index (κ2) is 8.89. The fraction of sp³-hybridized carbons (Fsp3) is 0.318. The van der Waals surface area contributed by atoms with Gasteiger partial charge in [-0.3, -0.25) is 9.78 Å². The van der Waals surface area contributed by atoms with Crippen LogP contribution < -0.4 is 4.74 Å². The zero-order chi connectivity index (χ0) is 22.7. The highest BCUT2D eigenvalue weighted by Gasteiger charge is 2.36. The Hall–Kier alpha value is -3.56. The van der Waals surface area contributed by atoms with Crippen molar-refractivity contribution in [1.29, 1.82) is 0 Å². The molecule has 3 heterocycles. The van der Waals surface area contributed by atoms with Crippen LogP contribution >= 0.6 is 0 Å². The minimum absolute atomic E-state index is 0.0198. The average Bonchev–Trinajstić information content (AvgIpc) is 2.80. The minimum Gasteiger partial charge on any atom is -0.471 e. The van der Waals surface area contributed by atoms with E-state index in [0.29, 0.717) is 31.3 Å². The van der Waals surface area contributed by atoms with Gasteiger partial charge in [-0.25, -0.2) is 15.0 Å². The third-order valence-electron chi connectivity index (χ3n) is 5.32. The van der Waals surface area contributed by atoms with Gasteiger partial charge in [0.25, 0.3) is 5.91 Å². The van der Waals surface area contributed by atoms with Crippen molar-refractivity contribution in [3.8, 4) is 17.1 Å². The van der Waals surface area contributed by atoms with E-state index < -0.39 is 18.0 Å². The average molecular weight is 443 g/mol. The number of benzene rings is 1. The van der Waals surface area contributed by atoms with Gasteiger partial charge >= 0.3 is 6.18 Å². The Morgan fingerprint density at radius 3 is 2.50 bits per heavy atom. The molecule has 0 radical (unpaired) electrons. The summed E-state index contributed by atoms with van der Waals surface area (Å²) in [4.78, 5) is 30.8.